The molecule has 1 N–H and O–H groups in total. The Morgan fingerprint density at radius 1 is 1.64 bits per heavy atom. The van der Waals surface area contributed by atoms with Crippen LogP contribution in [0.2, 0.25) is 0 Å². The summed E-state index contributed by atoms with van der Waals surface area (Å²) in [5.41, 5.74) is 0. The average Bonchev–Trinajstić information content (AvgIpc) is 1.83. The van der Waals surface area contributed by atoms with Crippen LogP contribution in [0.25, 0.3) is 0 Å². The number of hydrogen-bond acceptors (Lipinski definition) is 1. The minimum atomic E-state index is -2.86. The molecule has 1 aliphatic heterocycles. The average molecular weight is 172 g/mol. The van der Waals surface area contributed by atoms with Gasteiger partial charge in [0.25, 0.3) is 0 Å². The van der Waals surface area contributed by atoms with Crippen LogP contribution in [-0.4, -0.2) is 17.2 Å². The molecule has 0 amide bonds. The molecule has 2 nitrogen and oxygen atoms in total. The van der Waals surface area contributed by atoms with Crippen molar-refractivity contribution in [1.29, 1.82) is 0 Å². The molecule has 0 aromatic carbocycles. The van der Waals surface area contributed by atoms with Crippen LogP contribution in [0, 0.1) is 24.2 Å². The highest BCUT2D eigenvalue weighted by atomic mass is 31.2. The minimum absolute atomic E-state index is 0.0228. The van der Waals surface area contributed by atoms with Gasteiger partial charge in [-0.15, -0.1) is 12.3 Å². The maximum atomic E-state index is 11.3. The molecule has 0 aromatic rings. The van der Waals surface area contributed by atoms with E-state index in [9.17, 15) is 9.46 Å². The molecule has 1 fully saturated rings. The first kappa shape index (κ1) is 8.84. The molecule has 1 rings (SSSR count). The van der Waals surface area contributed by atoms with E-state index in [0.717, 1.165) is 6.42 Å². The van der Waals surface area contributed by atoms with Gasteiger partial charge in [-0.3, -0.25) is 4.57 Å². The first-order valence-electron chi connectivity index (χ1n) is 3.80. The van der Waals surface area contributed by atoms with E-state index in [1.54, 1.807) is 0 Å². The Labute approximate surface area is 67.5 Å². The second kappa shape index (κ2) is 3.01. The van der Waals surface area contributed by atoms with Crippen LogP contribution in [0.15, 0.2) is 0 Å². The topological polar surface area (TPSA) is 37.3 Å². The highest BCUT2D eigenvalue weighted by molar-refractivity contribution is 7.58. The molecule has 0 saturated carbocycles. The Balaban J connectivity index is 2.68. The summed E-state index contributed by atoms with van der Waals surface area (Å²) < 4.78 is 11.3. The standard InChI is InChI=1S/C8H13O2P/c1-3-8-4-7(2)5-11(9,10)6-8/h1,7-8H,4-6H2,2H3,(H,9,10). The van der Waals surface area contributed by atoms with Gasteiger partial charge in [-0.2, -0.15) is 0 Å². The van der Waals surface area contributed by atoms with Crippen molar-refractivity contribution in [3.8, 4) is 12.3 Å². The molecule has 11 heavy (non-hydrogen) atoms. The Hall–Kier alpha value is -0.250. The van der Waals surface area contributed by atoms with Gasteiger partial charge in [-0.25, -0.2) is 0 Å². The van der Waals surface area contributed by atoms with Crippen molar-refractivity contribution in [2.45, 2.75) is 13.3 Å². The lowest BCUT2D eigenvalue weighted by Gasteiger charge is -2.27. The van der Waals surface area contributed by atoms with E-state index in [2.05, 4.69) is 5.92 Å². The van der Waals surface area contributed by atoms with Crippen molar-refractivity contribution in [2.24, 2.45) is 11.8 Å². The van der Waals surface area contributed by atoms with Crippen molar-refractivity contribution >= 4 is 7.37 Å². The Kier molecular flexibility index (Phi) is 2.42. The van der Waals surface area contributed by atoms with Crippen molar-refractivity contribution in [2.75, 3.05) is 12.3 Å². The quantitative estimate of drug-likeness (QED) is 0.444. The number of rotatable bonds is 0. The fraction of sp³-hybridized carbons (Fsp3) is 0.750. The SMILES string of the molecule is C#CC1CC(C)CP(=O)(O)C1. The predicted octanol–water partition coefficient (Wildman–Crippen LogP) is 1.55. The van der Waals surface area contributed by atoms with Crippen LogP contribution in [0.3, 0.4) is 0 Å². The second-order valence-electron chi connectivity index (χ2n) is 3.42. The zero-order valence-electron chi connectivity index (χ0n) is 6.66. The van der Waals surface area contributed by atoms with E-state index in [1.807, 2.05) is 6.92 Å². The Bertz CT molecular complexity index is 229. The van der Waals surface area contributed by atoms with E-state index in [0.29, 0.717) is 18.2 Å². The van der Waals surface area contributed by atoms with Gasteiger partial charge in [0.2, 0.25) is 7.37 Å². The zero-order chi connectivity index (χ0) is 8.48. The fourth-order valence-electron chi connectivity index (χ4n) is 1.66. The van der Waals surface area contributed by atoms with E-state index in [-0.39, 0.29) is 5.92 Å². The van der Waals surface area contributed by atoms with Crippen molar-refractivity contribution in [1.82, 2.24) is 0 Å². The van der Waals surface area contributed by atoms with Gasteiger partial charge < -0.3 is 4.89 Å². The molecule has 62 valence electrons. The molecule has 0 aliphatic carbocycles. The summed E-state index contributed by atoms with van der Waals surface area (Å²) in [5, 5.41) is 0. The lowest BCUT2D eigenvalue weighted by atomic mass is 9.99. The highest BCUT2D eigenvalue weighted by Crippen LogP contribution is 2.49. The zero-order valence-corrected chi connectivity index (χ0v) is 7.55. The second-order valence-corrected chi connectivity index (χ2v) is 5.84. The molecule has 3 atom stereocenters. The van der Waals surface area contributed by atoms with Gasteiger partial charge in [0, 0.05) is 18.2 Å². The van der Waals surface area contributed by atoms with E-state index < -0.39 is 7.37 Å². The minimum Gasteiger partial charge on any atom is -0.344 e. The van der Waals surface area contributed by atoms with E-state index >= 15 is 0 Å². The third-order valence-corrected chi connectivity index (χ3v) is 4.23. The molecule has 1 saturated heterocycles. The molecule has 3 heteroatoms. The van der Waals surface area contributed by atoms with E-state index in [1.165, 1.54) is 0 Å². The summed E-state index contributed by atoms with van der Waals surface area (Å²) in [6.45, 7) is 1.98. The van der Waals surface area contributed by atoms with Crippen LogP contribution in [-0.2, 0) is 4.57 Å². The molecule has 1 heterocycles. The van der Waals surface area contributed by atoms with Gasteiger partial charge in [0.1, 0.15) is 0 Å². The predicted molar refractivity (Wildman–Crippen MR) is 45.7 cm³/mol. The summed E-state index contributed by atoms with van der Waals surface area (Å²) >= 11 is 0. The first-order valence-corrected chi connectivity index (χ1v) is 5.83. The Morgan fingerprint density at radius 2 is 2.27 bits per heavy atom. The third kappa shape index (κ3) is 2.36. The van der Waals surface area contributed by atoms with Crippen molar-refractivity contribution in [3.63, 3.8) is 0 Å². The molecule has 1 aliphatic rings. The molecule has 0 radical (unpaired) electrons. The lowest BCUT2D eigenvalue weighted by molar-refractivity contribution is 0.410. The van der Waals surface area contributed by atoms with Crippen molar-refractivity contribution < 1.29 is 9.46 Å². The van der Waals surface area contributed by atoms with E-state index in [4.69, 9.17) is 6.42 Å². The van der Waals surface area contributed by atoms with Gasteiger partial charge in [-0.05, 0) is 12.3 Å². The molecule has 0 bridgehead atoms. The summed E-state index contributed by atoms with van der Waals surface area (Å²) in [5.74, 6) is 2.89. The largest absolute Gasteiger partial charge is 0.344 e. The van der Waals surface area contributed by atoms with Gasteiger partial charge >= 0.3 is 0 Å². The van der Waals surface area contributed by atoms with Gasteiger partial charge in [-0.1, -0.05) is 6.92 Å². The van der Waals surface area contributed by atoms with Gasteiger partial charge in [0.15, 0.2) is 0 Å². The molecular formula is C8H13O2P. The summed E-state index contributed by atoms with van der Waals surface area (Å²) in [4.78, 5) is 9.31. The third-order valence-electron chi connectivity index (χ3n) is 2.03. The summed E-state index contributed by atoms with van der Waals surface area (Å²) in [6.07, 6.45) is 6.88. The maximum Gasteiger partial charge on any atom is 0.202 e. The molecule has 0 aromatic heterocycles. The summed E-state index contributed by atoms with van der Waals surface area (Å²) in [6, 6.07) is 0. The molecule has 3 unspecified atom stereocenters. The fourth-order valence-corrected chi connectivity index (χ4v) is 3.88. The van der Waals surface area contributed by atoms with Crippen LogP contribution in [0.1, 0.15) is 13.3 Å². The molecule has 0 spiro atoms. The monoisotopic (exact) mass is 172 g/mol. The number of hydrogen-bond donors (Lipinski definition) is 1. The van der Waals surface area contributed by atoms with Crippen LogP contribution in [0.5, 0.6) is 0 Å². The molecular weight excluding hydrogens is 159 g/mol. The smallest absolute Gasteiger partial charge is 0.202 e. The number of terminal acetylenes is 1. The Morgan fingerprint density at radius 3 is 2.73 bits per heavy atom. The van der Waals surface area contributed by atoms with Crippen LogP contribution in [0.4, 0.5) is 0 Å². The normalized spacial score (nSPS) is 44.8. The maximum absolute atomic E-state index is 11.3. The summed E-state index contributed by atoms with van der Waals surface area (Å²) in [7, 11) is -2.86. The van der Waals surface area contributed by atoms with Crippen LogP contribution < -0.4 is 0 Å². The highest BCUT2D eigenvalue weighted by Gasteiger charge is 2.31. The van der Waals surface area contributed by atoms with Gasteiger partial charge in [0.05, 0.1) is 0 Å². The lowest BCUT2D eigenvalue weighted by Crippen LogP contribution is -2.20. The van der Waals surface area contributed by atoms with Crippen LogP contribution >= 0.6 is 7.37 Å². The first-order chi connectivity index (χ1) is 5.03. The van der Waals surface area contributed by atoms with Crippen molar-refractivity contribution in [3.05, 3.63) is 0 Å².